The fraction of sp³-hybridized carbons (Fsp3) is 0.375. The highest BCUT2D eigenvalue weighted by atomic mass is 16.5. The van der Waals surface area contributed by atoms with E-state index < -0.39 is 0 Å². The summed E-state index contributed by atoms with van der Waals surface area (Å²) in [4.78, 5) is 21.2. The summed E-state index contributed by atoms with van der Waals surface area (Å²) in [5.74, 6) is 3.11. The van der Waals surface area contributed by atoms with E-state index in [4.69, 9.17) is 18.7 Å². The van der Waals surface area contributed by atoms with Crippen molar-refractivity contribution >= 4 is 5.91 Å². The molecular weight excluding hydrogens is 424 g/mol. The summed E-state index contributed by atoms with van der Waals surface area (Å²) in [6.07, 6.45) is 0. The molecule has 2 aromatic carbocycles. The van der Waals surface area contributed by atoms with Crippen molar-refractivity contribution < 1.29 is 23.5 Å². The van der Waals surface area contributed by atoms with Crippen LogP contribution < -0.4 is 14.2 Å². The van der Waals surface area contributed by atoms with E-state index in [-0.39, 0.29) is 12.5 Å². The SMILES string of the molecule is COc1ccc(CN2CCN(C(=O)c3ccc(OCc4noc(C)n4)cc3)CC2)cc1OC. The molecule has 0 aliphatic carbocycles. The summed E-state index contributed by atoms with van der Waals surface area (Å²) in [6.45, 7) is 5.73. The molecular formula is C24H28N4O5. The monoisotopic (exact) mass is 452 g/mol. The molecule has 1 aromatic heterocycles. The Hall–Kier alpha value is -3.59. The number of piperazine rings is 1. The van der Waals surface area contributed by atoms with Crippen molar-refractivity contribution in [2.24, 2.45) is 0 Å². The number of aromatic nitrogens is 2. The normalized spacial score (nSPS) is 14.2. The Labute approximate surface area is 192 Å². The fourth-order valence-corrected chi connectivity index (χ4v) is 3.77. The molecule has 9 nitrogen and oxygen atoms in total. The number of ether oxygens (including phenoxy) is 3. The van der Waals surface area contributed by atoms with Crippen molar-refractivity contribution in [2.75, 3.05) is 40.4 Å². The maximum Gasteiger partial charge on any atom is 0.253 e. The lowest BCUT2D eigenvalue weighted by Crippen LogP contribution is -2.48. The lowest BCUT2D eigenvalue weighted by atomic mass is 10.1. The van der Waals surface area contributed by atoms with Crippen molar-refractivity contribution in [3.8, 4) is 17.2 Å². The van der Waals surface area contributed by atoms with Crippen molar-refractivity contribution in [3.63, 3.8) is 0 Å². The number of carbonyl (C=O) groups excluding carboxylic acids is 1. The quantitative estimate of drug-likeness (QED) is 0.515. The van der Waals surface area contributed by atoms with Crippen LogP contribution in [0.4, 0.5) is 0 Å². The number of benzene rings is 2. The Kier molecular flexibility index (Phi) is 7.09. The van der Waals surface area contributed by atoms with Gasteiger partial charge in [-0.3, -0.25) is 9.69 Å². The van der Waals surface area contributed by atoms with Crippen LogP contribution in [0, 0.1) is 6.92 Å². The lowest BCUT2D eigenvalue weighted by molar-refractivity contribution is 0.0628. The lowest BCUT2D eigenvalue weighted by Gasteiger charge is -2.35. The third-order valence-corrected chi connectivity index (χ3v) is 5.55. The smallest absolute Gasteiger partial charge is 0.253 e. The predicted octanol–water partition coefficient (Wildman–Crippen LogP) is 2.93. The Bertz CT molecular complexity index is 1070. The Morgan fingerprint density at radius 1 is 1.00 bits per heavy atom. The number of aryl methyl sites for hydroxylation is 1. The summed E-state index contributed by atoms with van der Waals surface area (Å²) in [5, 5.41) is 3.80. The molecule has 0 radical (unpaired) electrons. The van der Waals surface area contributed by atoms with Gasteiger partial charge < -0.3 is 23.6 Å². The number of methoxy groups -OCH3 is 2. The van der Waals surface area contributed by atoms with Gasteiger partial charge in [0.2, 0.25) is 11.7 Å². The molecule has 1 saturated heterocycles. The van der Waals surface area contributed by atoms with E-state index in [9.17, 15) is 4.79 Å². The van der Waals surface area contributed by atoms with Gasteiger partial charge in [-0.15, -0.1) is 0 Å². The summed E-state index contributed by atoms with van der Waals surface area (Å²) in [5.41, 5.74) is 1.80. The van der Waals surface area contributed by atoms with Gasteiger partial charge in [0.15, 0.2) is 18.1 Å². The van der Waals surface area contributed by atoms with Gasteiger partial charge in [-0.25, -0.2) is 0 Å². The average molecular weight is 453 g/mol. The molecule has 9 heteroatoms. The van der Waals surface area contributed by atoms with Gasteiger partial charge in [0.05, 0.1) is 14.2 Å². The molecule has 0 saturated carbocycles. The molecule has 0 N–H and O–H groups in total. The summed E-state index contributed by atoms with van der Waals surface area (Å²) >= 11 is 0. The zero-order valence-corrected chi connectivity index (χ0v) is 19.1. The molecule has 33 heavy (non-hydrogen) atoms. The van der Waals surface area contributed by atoms with Gasteiger partial charge in [-0.2, -0.15) is 4.98 Å². The molecule has 0 atom stereocenters. The number of rotatable bonds is 8. The minimum atomic E-state index is 0.0288. The molecule has 1 aliphatic rings. The van der Waals surface area contributed by atoms with Crippen LogP contribution in [-0.2, 0) is 13.2 Å². The Morgan fingerprint density at radius 2 is 1.73 bits per heavy atom. The van der Waals surface area contributed by atoms with E-state index in [2.05, 4.69) is 15.0 Å². The van der Waals surface area contributed by atoms with Gasteiger partial charge in [0, 0.05) is 45.2 Å². The van der Waals surface area contributed by atoms with Crippen LogP contribution in [0.15, 0.2) is 47.0 Å². The zero-order chi connectivity index (χ0) is 23.2. The molecule has 0 unspecified atom stereocenters. The first-order valence-electron chi connectivity index (χ1n) is 10.8. The summed E-state index contributed by atoms with van der Waals surface area (Å²) in [6, 6.07) is 13.1. The average Bonchev–Trinajstić information content (AvgIpc) is 3.28. The molecule has 1 aliphatic heterocycles. The van der Waals surface area contributed by atoms with Crippen LogP contribution in [0.25, 0.3) is 0 Å². The van der Waals surface area contributed by atoms with Gasteiger partial charge in [0.1, 0.15) is 5.75 Å². The molecule has 1 fully saturated rings. The van der Waals surface area contributed by atoms with Crippen molar-refractivity contribution in [2.45, 2.75) is 20.1 Å². The van der Waals surface area contributed by atoms with Crippen LogP contribution in [0.2, 0.25) is 0 Å². The van der Waals surface area contributed by atoms with Crippen LogP contribution in [0.3, 0.4) is 0 Å². The minimum absolute atomic E-state index is 0.0288. The molecule has 4 rings (SSSR count). The highest BCUT2D eigenvalue weighted by molar-refractivity contribution is 5.94. The fourth-order valence-electron chi connectivity index (χ4n) is 3.77. The maximum absolute atomic E-state index is 12.9. The maximum atomic E-state index is 12.9. The van der Waals surface area contributed by atoms with Gasteiger partial charge in [-0.05, 0) is 42.0 Å². The molecule has 0 spiro atoms. The van der Waals surface area contributed by atoms with E-state index in [1.165, 1.54) is 0 Å². The van der Waals surface area contributed by atoms with E-state index in [0.29, 0.717) is 36.1 Å². The van der Waals surface area contributed by atoms with Crippen LogP contribution in [0.1, 0.15) is 27.6 Å². The van der Waals surface area contributed by atoms with Crippen molar-refractivity contribution in [1.29, 1.82) is 0 Å². The van der Waals surface area contributed by atoms with E-state index >= 15 is 0 Å². The Morgan fingerprint density at radius 3 is 2.36 bits per heavy atom. The van der Waals surface area contributed by atoms with Crippen LogP contribution >= 0.6 is 0 Å². The van der Waals surface area contributed by atoms with Gasteiger partial charge in [0.25, 0.3) is 5.91 Å². The summed E-state index contributed by atoms with van der Waals surface area (Å²) < 4.78 is 21.3. The first kappa shape index (κ1) is 22.6. The first-order chi connectivity index (χ1) is 16.1. The third-order valence-electron chi connectivity index (χ3n) is 5.55. The number of carbonyl (C=O) groups is 1. The molecule has 3 aromatic rings. The van der Waals surface area contributed by atoms with Crippen LogP contribution in [0.5, 0.6) is 17.2 Å². The molecule has 174 valence electrons. The number of hydrogen-bond donors (Lipinski definition) is 0. The minimum Gasteiger partial charge on any atom is -0.493 e. The van der Waals surface area contributed by atoms with E-state index in [0.717, 1.165) is 36.7 Å². The topological polar surface area (TPSA) is 90.2 Å². The van der Waals surface area contributed by atoms with Crippen molar-refractivity contribution in [3.05, 3.63) is 65.3 Å². The van der Waals surface area contributed by atoms with Crippen LogP contribution in [-0.4, -0.2) is 66.2 Å². The summed E-state index contributed by atoms with van der Waals surface area (Å²) in [7, 11) is 3.27. The largest absolute Gasteiger partial charge is 0.493 e. The third kappa shape index (κ3) is 5.61. The van der Waals surface area contributed by atoms with Gasteiger partial charge in [-0.1, -0.05) is 11.2 Å². The van der Waals surface area contributed by atoms with Crippen molar-refractivity contribution in [1.82, 2.24) is 19.9 Å². The second-order valence-corrected chi connectivity index (χ2v) is 7.80. The van der Waals surface area contributed by atoms with E-state index in [1.54, 1.807) is 45.4 Å². The Balaban J connectivity index is 1.27. The standard InChI is InChI=1S/C24H28N4O5/c1-17-25-23(26-33-17)16-32-20-7-5-19(6-8-20)24(29)28-12-10-27(11-13-28)15-18-4-9-21(30-2)22(14-18)31-3/h4-9,14H,10-13,15-16H2,1-3H3. The zero-order valence-electron chi connectivity index (χ0n) is 19.1. The second-order valence-electron chi connectivity index (χ2n) is 7.80. The predicted molar refractivity (Wildman–Crippen MR) is 121 cm³/mol. The second kappa shape index (κ2) is 10.4. The number of amides is 1. The number of hydrogen-bond acceptors (Lipinski definition) is 8. The highest BCUT2D eigenvalue weighted by Crippen LogP contribution is 2.28. The molecule has 1 amide bonds. The molecule has 0 bridgehead atoms. The number of nitrogens with zero attached hydrogens (tertiary/aromatic N) is 4. The van der Waals surface area contributed by atoms with Gasteiger partial charge >= 0.3 is 0 Å². The van der Waals surface area contributed by atoms with E-state index in [1.807, 2.05) is 23.1 Å². The molecule has 2 heterocycles. The highest BCUT2D eigenvalue weighted by Gasteiger charge is 2.22. The first-order valence-corrected chi connectivity index (χ1v) is 10.8.